The number of imidazole rings is 1. The van der Waals surface area contributed by atoms with Gasteiger partial charge in [-0.05, 0) is 65.0 Å². The molecule has 1 aliphatic carbocycles. The van der Waals surface area contributed by atoms with Crippen LogP contribution < -0.4 is 0 Å². The molecule has 1 amide bonds. The van der Waals surface area contributed by atoms with Gasteiger partial charge < -0.3 is 14.0 Å². The SMILES string of the molecule is CCN(CC)C(=O)c1cc(C)n2c(CC3CCC(F)(F)CC3)cnc2c1.CCOC(=O)C(=O)CC. The Kier molecular flexibility index (Phi) is 10.3. The molecule has 0 aliphatic heterocycles. The summed E-state index contributed by atoms with van der Waals surface area (Å²) >= 11 is 0. The molecule has 0 atom stereocenters. The number of aryl methyl sites for hydroxylation is 1. The monoisotopic (exact) mass is 493 g/mol. The summed E-state index contributed by atoms with van der Waals surface area (Å²) in [6.45, 7) is 10.8. The van der Waals surface area contributed by atoms with Gasteiger partial charge >= 0.3 is 5.97 Å². The van der Waals surface area contributed by atoms with E-state index in [1.807, 2.05) is 43.5 Å². The van der Waals surface area contributed by atoms with Crippen LogP contribution in [0.1, 0.15) is 81.5 Å². The second-order valence-electron chi connectivity index (χ2n) is 8.81. The van der Waals surface area contributed by atoms with E-state index in [1.165, 1.54) is 0 Å². The first-order valence-electron chi connectivity index (χ1n) is 12.4. The number of Topliss-reactive ketones (excluding diaryl/α,β-unsaturated/α-hetero) is 1. The first kappa shape index (κ1) is 28.4. The van der Waals surface area contributed by atoms with Gasteiger partial charge in [0.1, 0.15) is 5.65 Å². The molecule has 0 unspecified atom stereocenters. The lowest BCUT2D eigenvalue weighted by molar-refractivity contribution is -0.153. The minimum Gasteiger partial charge on any atom is -0.460 e. The van der Waals surface area contributed by atoms with Crippen molar-refractivity contribution in [3.63, 3.8) is 0 Å². The molecule has 194 valence electrons. The zero-order valence-corrected chi connectivity index (χ0v) is 21.4. The highest BCUT2D eigenvalue weighted by Crippen LogP contribution is 2.37. The lowest BCUT2D eigenvalue weighted by Gasteiger charge is -2.28. The van der Waals surface area contributed by atoms with Crippen LogP contribution in [-0.4, -0.2) is 57.6 Å². The number of ether oxygens (including phenoxy) is 1. The summed E-state index contributed by atoms with van der Waals surface area (Å²) in [7, 11) is 0. The smallest absolute Gasteiger partial charge is 0.374 e. The zero-order valence-electron chi connectivity index (χ0n) is 21.4. The molecule has 2 aromatic rings. The third-order valence-corrected chi connectivity index (χ3v) is 6.32. The predicted molar refractivity (Wildman–Crippen MR) is 130 cm³/mol. The number of carbonyl (C=O) groups is 3. The van der Waals surface area contributed by atoms with Gasteiger partial charge in [0, 0.05) is 55.5 Å². The number of esters is 1. The van der Waals surface area contributed by atoms with Crippen LogP contribution in [0.4, 0.5) is 8.78 Å². The molecule has 1 aliphatic rings. The van der Waals surface area contributed by atoms with Crippen molar-refractivity contribution < 1.29 is 27.9 Å². The van der Waals surface area contributed by atoms with Crippen LogP contribution >= 0.6 is 0 Å². The summed E-state index contributed by atoms with van der Waals surface area (Å²) in [6, 6.07) is 3.72. The third kappa shape index (κ3) is 7.57. The van der Waals surface area contributed by atoms with Crippen LogP contribution in [-0.2, 0) is 20.7 Å². The molecule has 9 heteroatoms. The van der Waals surface area contributed by atoms with Crippen molar-refractivity contribution in [3.05, 3.63) is 35.3 Å². The highest BCUT2D eigenvalue weighted by molar-refractivity contribution is 6.33. The highest BCUT2D eigenvalue weighted by Gasteiger charge is 2.35. The second-order valence-corrected chi connectivity index (χ2v) is 8.81. The number of nitrogens with zero attached hydrogens (tertiary/aromatic N) is 3. The number of carbonyl (C=O) groups excluding carboxylic acids is 3. The van der Waals surface area contributed by atoms with Crippen molar-refractivity contribution in [2.24, 2.45) is 5.92 Å². The summed E-state index contributed by atoms with van der Waals surface area (Å²) < 4.78 is 33.2. The molecule has 0 radical (unpaired) electrons. The summed E-state index contributed by atoms with van der Waals surface area (Å²) in [5.74, 6) is -3.39. The number of ketones is 1. The summed E-state index contributed by atoms with van der Waals surface area (Å²) in [5.41, 5.74) is 3.38. The number of amides is 1. The van der Waals surface area contributed by atoms with Crippen molar-refractivity contribution in [1.29, 1.82) is 0 Å². The van der Waals surface area contributed by atoms with Crippen molar-refractivity contribution in [2.75, 3.05) is 19.7 Å². The largest absolute Gasteiger partial charge is 0.460 e. The van der Waals surface area contributed by atoms with Gasteiger partial charge in [0.2, 0.25) is 11.7 Å². The Bertz CT molecular complexity index is 1020. The van der Waals surface area contributed by atoms with Crippen LogP contribution in [0, 0.1) is 12.8 Å². The topological polar surface area (TPSA) is 81.0 Å². The Balaban J connectivity index is 0.000000410. The van der Waals surface area contributed by atoms with Crippen LogP contribution in [0.3, 0.4) is 0 Å². The van der Waals surface area contributed by atoms with E-state index in [2.05, 4.69) is 9.72 Å². The first-order chi connectivity index (χ1) is 16.6. The Morgan fingerprint density at radius 1 is 1.11 bits per heavy atom. The molecule has 3 rings (SSSR count). The number of rotatable bonds is 8. The van der Waals surface area contributed by atoms with Gasteiger partial charge in [0.05, 0.1) is 6.61 Å². The molecule has 0 saturated heterocycles. The molecular weight excluding hydrogens is 456 g/mol. The number of pyridine rings is 1. The molecule has 0 N–H and O–H groups in total. The molecular formula is C26H37F2N3O4. The number of hydrogen-bond donors (Lipinski definition) is 0. The number of fused-ring (bicyclic) bond motifs is 1. The van der Waals surface area contributed by atoms with E-state index in [4.69, 9.17) is 0 Å². The molecule has 0 bridgehead atoms. The maximum Gasteiger partial charge on any atom is 0.374 e. The van der Waals surface area contributed by atoms with Gasteiger partial charge in [-0.3, -0.25) is 9.59 Å². The minimum atomic E-state index is -2.49. The number of aromatic nitrogens is 2. The molecule has 35 heavy (non-hydrogen) atoms. The third-order valence-electron chi connectivity index (χ3n) is 6.32. The van der Waals surface area contributed by atoms with Gasteiger partial charge in [-0.2, -0.15) is 0 Å². The fourth-order valence-corrected chi connectivity index (χ4v) is 4.30. The fourth-order valence-electron chi connectivity index (χ4n) is 4.30. The molecule has 0 aromatic carbocycles. The summed E-state index contributed by atoms with van der Waals surface area (Å²) in [4.78, 5) is 39.7. The number of alkyl halides is 2. The number of hydrogen-bond acceptors (Lipinski definition) is 5. The predicted octanol–water partition coefficient (Wildman–Crippen LogP) is 5.02. The van der Waals surface area contributed by atoms with Gasteiger partial charge in [-0.15, -0.1) is 0 Å². The Labute approximate surface area is 205 Å². The van der Waals surface area contributed by atoms with E-state index in [9.17, 15) is 23.2 Å². The van der Waals surface area contributed by atoms with Crippen molar-refractivity contribution in [1.82, 2.24) is 14.3 Å². The van der Waals surface area contributed by atoms with Gasteiger partial charge in [0.15, 0.2) is 0 Å². The van der Waals surface area contributed by atoms with Crippen LogP contribution in [0.25, 0.3) is 5.65 Å². The lowest BCUT2D eigenvalue weighted by Crippen LogP contribution is -2.30. The average Bonchev–Trinajstić information content (AvgIpc) is 3.24. The average molecular weight is 494 g/mol. The van der Waals surface area contributed by atoms with Gasteiger partial charge in [-0.25, -0.2) is 18.6 Å². The summed E-state index contributed by atoms with van der Waals surface area (Å²) in [6.07, 6.45) is 3.86. The normalized spacial score (nSPS) is 15.3. The summed E-state index contributed by atoms with van der Waals surface area (Å²) in [5, 5.41) is 0. The van der Waals surface area contributed by atoms with Gasteiger partial charge in [-0.1, -0.05) is 6.92 Å². The zero-order chi connectivity index (χ0) is 26.2. The molecule has 2 aromatic heterocycles. The van der Waals surface area contributed by atoms with E-state index >= 15 is 0 Å². The van der Waals surface area contributed by atoms with E-state index < -0.39 is 17.7 Å². The van der Waals surface area contributed by atoms with Crippen LogP contribution in [0.15, 0.2) is 18.3 Å². The number of halogens is 2. The molecule has 7 nitrogen and oxygen atoms in total. The van der Waals surface area contributed by atoms with Crippen molar-refractivity contribution in [2.45, 2.75) is 79.1 Å². The Morgan fingerprint density at radius 2 is 1.74 bits per heavy atom. The van der Waals surface area contributed by atoms with E-state index in [1.54, 1.807) is 18.7 Å². The van der Waals surface area contributed by atoms with Crippen molar-refractivity contribution >= 4 is 23.3 Å². The molecule has 1 saturated carbocycles. The maximum absolute atomic E-state index is 13.4. The van der Waals surface area contributed by atoms with Crippen LogP contribution in [0.5, 0.6) is 0 Å². The Hall–Kier alpha value is -2.84. The van der Waals surface area contributed by atoms with Crippen molar-refractivity contribution in [3.8, 4) is 0 Å². The molecule has 1 fully saturated rings. The van der Waals surface area contributed by atoms with E-state index in [0.717, 1.165) is 23.5 Å². The maximum atomic E-state index is 13.4. The fraction of sp³-hybridized carbons (Fsp3) is 0.615. The first-order valence-corrected chi connectivity index (χ1v) is 12.4. The quantitative estimate of drug-likeness (QED) is 0.381. The van der Waals surface area contributed by atoms with E-state index in [-0.39, 0.29) is 37.7 Å². The minimum absolute atomic E-state index is 0.0136. The lowest BCUT2D eigenvalue weighted by atomic mass is 9.84. The Morgan fingerprint density at radius 3 is 2.29 bits per heavy atom. The van der Waals surface area contributed by atoms with E-state index in [0.29, 0.717) is 31.5 Å². The van der Waals surface area contributed by atoms with Gasteiger partial charge in [0.25, 0.3) is 5.91 Å². The standard InChI is InChI=1S/C20H27F2N3O.C6H10O3/c1-4-24(5-2)19(26)16-10-14(3)25-17(13-23-18(25)12-16)11-15-6-8-20(21,22)9-7-15;1-3-5(7)6(8)9-4-2/h10,12-13,15H,4-9,11H2,1-3H3;3-4H2,1-2H3. The molecule has 2 heterocycles. The molecule has 0 spiro atoms. The highest BCUT2D eigenvalue weighted by atomic mass is 19.3. The second kappa shape index (κ2) is 12.7. The van der Waals surface area contributed by atoms with Crippen LogP contribution in [0.2, 0.25) is 0 Å².